The van der Waals surface area contributed by atoms with E-state index in [-0.39, 0.29) is 24.0 Å². The summed E-state index contributed by atoms with van der Waals surface area (Å²) in [4.78, 5) is 15.9. The zero-order valence-corrected chi connectivity index (χ0v) is 20.6. The summed E-state index contributed by atoms with van der Waals surface area (Å²) in [5.74, 6) is 0.793. The maximum absolute atomic E-state index is 13.2. The van der Waals surface area contributed by atoms with E-state index in [4.69, 9.17) is 4.74 Å². The van der Waals surface area contributed by atoms with Gasteiger partial charge >= 0.3 is 5.97 Å². The first-order valence-corrected chi connectivity index (χ1v) is 13.2. The van der Waals surface area contributed by atoms with Gasteiger partial charge in [0.2, 0.25) is 0 Å². The number of fused-ring (bicyclic) bond motifs is 1. The molecule has 5 heteroatoms. The molecule has 2 aliphatic heterocycles. The number of nitrogens with zero attached hydrogens (tertiary/aromatic N) is 1. The van der Waals surface area contributed by atoms with E-state index in [0.717, 1.165) is 49.3 Å². The van der Waals surface area contributed by atoms with E-state index < -0.39 is 0 Å². The third-order valence-electron chi connectivity index (χ3n) is 9.36. The van der Waals surface area contributed by atoms with E-state index in [1.54, 1.807) is 0 Å². The Morgan fingerprint density at radius 1 is 1.09 bits per heavy atom. The minimum atomic E-state index is -0.241. The van der Waals surface area contributed by atoms with Gasteiger partial charge in [0.1, 0.15) is 0 Å². The van der Waals surface area contributed by atoms with Crippen molar-refractivity contribution in [2.75, 3.05) is 25.6 Å². The quantitative estimate of drug-likeness (QED) is 0.608. The Bertz CT molecular complexity index is 1130. The van der Waals surface area contributed by atoms with Crippen LogP contribution in [0.15, 0.2) is 65.9 Å². The van der Waals surface area contributed by atoms with Crippen molar-refractivity contribution in [2.24, 2.45) is 17.8 Å². The lowest BCUT2D eigenvalue weighted by atomic mass is 9.57. The number of methoxy groups -OCH3 is 1. The van der Waals surface area contributed by atoms with Gasteiger partial charge in [-0.1, -0.05) is 61.4 Å². The Morgan fingerprint density at radius 3 is 2.66 bits per heavy atom. The van der Waals surface area contributed by atoms with Crippen LogP contribution in [-0.4, -0.2) is 42.3 Å². The largest absolute Gasteiger partial charge is 0.466 e. The normalized spacial score (nSPS) is 31.9. The molecule has 2 heterocycles. The van der Waals surface area contributed by atoms with Crippen molar-refractivity contribution in [2.45, 2.75) is 56.5 Å². The van der Waals surface area contributed by atoms with Gasteiger partial charge in [0.15, 0.2) is 0 Å². The van der Waals surface area contributed by atoms with Gasteiger partial charge in [0, 0.05) is 37.1 Å². The molecule has 0 amide bonds. The second-order valence-electron chi connectivity index (χ2n) is 10.9. The zero-order chi connectivity index (χ0) is 24.0. The molecule has 2 aromatic rings. The Hall–Kier alpha value is -2.63. The first-order chi connectivity index (χ1) is 17.2. The molecule has 1 spiro atoms. The fourth-order valence-corrected chi connectivity index (χ4v) is 7.99. The maximum Gasteiger partial charge on any atom is 0.335 e. The summed E-state index contributed by atoms with van der Waals surface area (Å²) >= 11 is 0. The van der Waals surface area contributed by atoms with Crippen LogP contribution in [0, 0.1) is 17.8 Å². The van der Waals surface area contributed by atoms with E-state index in [2.05, 4.69) is 64.8 Å². The Balaban J connectivity index is 1.52. The van der Waals surface area contributed by atoms with Crippen molar-refractivity contribution in [3.63, 3.8) is 0 Å². The summed E-state index contributed by atoms with van der Waals surface area (Å²) < 4.78 is 5.35. The highest BCUT2D eigenvalue weighted by molar-refractivity contribution is 5.93. The van der Waals surface area contributed by atoms with Crippen molar-refractivity contribution >= 4 is 11.7 Å². The number of carbonyl (C=O) groups excluding carboxylic acids is 1. The summed E-state index contributed by atoms with van der Waals surface area (Å²) in [6, 6.07) is 19.6. The average molecular weight is 473 g/mol. The van der Waals surface area contributed by atoms with E-state index in [0.29, 0.717) is 24.2 Å². The van der Waals surface area contributed by atoms with Crippen LogP contribution in [0.1, 0.15) is 49.7 Å². The molecule has 184 valence electrons. The number of hydrogen-bond acceptors (Lipinski definition) is 5. The molecular weight excluding hydrogens is 436 g/mol. The molecule has 1 saturated heterocycles. The van der Waals surface area contributed by atoms with Crippen LogP contribution in [0.4, 0.5) is 5.69 Å². The molecule has 35 heavy (non-hydrogen) atoms. The second-order valence-corrected chi connectivity index (χ2v) is 10.9. The van der Waals surface area contributed by atoms with E-state index in [9.17, 15) is 9.90 Å². The van der Waals surface area contributed by atoms with Gasteiger partial charge in [0.25, 0.3) is 0 Å². The number of hydrogen-bond donors (Lipinski definition) is 2. The smallest absolute Gasteiger partial charge is 0.335 e. The van der Waals surface area contributed by atoms with Crippen LogP contribution in [0.3, 0.4) is 0 Å². The molecule has 6 rings (SSSR count). The summed E-state index contributed by atoms with van der Waals surface area (Å²) in [5.41, 5.74) is 5.41. The number of aliphatic hydroxyl groups is 1. The van der Waals surface area contributed by atoms with Crippen LogP contribution in [-0.2, 0) is 21.5 Å². The summed E-state index contributed by atoms with van der Waals surface area (Å²) in [6.07, 6.45) is 6.29. The molecule has 5 atom stereocenters. The minimum Gasteiger partial charge on any atom is -0.466 e. The van der Waals surface area contributed by atoms with Crippen molar-refractivity contribution in [3.05, 3.63) is 77.0 Å². The van der Waals surface area contributed by atoms with Gasteiger partial charge < -0.3 is 15.2 Å². The van der Waals surface area contributed by atoms with Gasteiger partial charge in [-0.25, -0.2) is 4.79 Å². The number of aliphatic hydroxyl groups excluding tert-OH is 1. The molecule has 5 nitrogen and oxygen atoms in total. The monoisotopic (exact) mass is 472 g/mol. The SMILES string of the molecule is COC(=O)C1=C2Nc3ccccc3[C@]23CCN(Cc2ccccc2)[C@@H]3[C@@H]([C@H]2CCCC[C@H]2CO)C1. The lowest BCUT2D eigenvalue weighted by Gasteiger charge is -2.50. The topological polar surface area (TPSA) is 61.8 Å². The highest BCUT2D eigenvalue weighted by Gasteiger charge is 2.62. The zero-order valence-electron chi connectivity index (χ0n) is 20.6. The highest BCUT2D eigenvalue weighted by atomic mass is 16.5. The number of para-hydroxylation sites is 1. The molecule has 2 N–H and O–H groups in total. The van der Waals surface area contributed by atoms with Gasteiger partial charge in [-0.15, -0.1) is 0 Å². The van der Waals surface area contributed by atoms with Crippen LogP contribution in [0.25, 0.3) is 0 Å². The molecule has 2 aliphatic carbocycles. The minimum absolute atomic E-state index is 0.207. The first-order valence-electron chi connectivity index (χ1n) is 13.2. The van der Waals surface area contributed by atoms with Gasteiger partial charge in [-0.2, -0.15) is 0 Å². The number of benzene rings is 2. The third kappa shape index (κ3) is 3.54. The molecule has 4 aliphatic rings. The van der Waals surface area contributed by atoms with Crippen molar-refractivity contribution in [1.82, 2.24) is 4.90 Å². The van der Waals surface area contributed by atoms with Crippen LogP contribution < -0.4 is 5.32 Å². The fourth-order valence-electron chi connectivity index (χ4n) is 7.99. The molecule has 0 bridgehead atoms. The molecule has 1 saturated carbocycles. The van der Waals surface area contributed by atoms with Gasteiger partial charge in [0.05, 0.1) is 18.1 Å². The lowest BCUT2D eigenvalue weighted by Crippen LogP contribution is -2.54. The van der Waals surface area contributed by atoms with Crippen LogP contribution >= 0.6 is 0 Å². The van der Waals surface area contributed by atoms with Crippen molar-refractivity contribution in [1.29, 1.82) is 0 Å². The number of ether oxygens (including phenoxy) is 1. The number of carbonyl (C=O) groups is 1. The number of esters is 1. The van der Waals surface area contributed by atoms with Crippen molar-refractivity contribution < 1.29 is 14.6 Å². The predicted octanol–water partition coefficient (Wildman–Crippen LogP) is 4.87. The highest BCUT2D eigenvalue weighted by Crippen LogP contribution is 2.61. The Kier molecular flexibility index (Phi) is 5.93. The Morgan fingerprint density at radius 2 is 1.86 bits per heavy atom. The van der Waals surface area contributed by atoms with Crippen LogP contribution in [0.5, 0.6) is 0 Å². The van der Waals surface area contributed by atoms with E-state index in [1.165, 1.54) is 31.1 Å². The standard InChI is InChI=1S/C30H36N2O3/c1-35-29(34)24-17-23(22-12-6-5-11-21(22)19-33)28-30(25-13-7-8-14-26(25)31-27(24)30)15-16-32(28)18-20-9-3-2-4-10-20/h2-4,7-10,13-14,21-23,28,31,33H,5-6,11-12,15-19H2,1H3/t21-,22-,23+,28+,30+/m0/s1. The number of nitrogens with one attached hydrogen (secondary N) is 1. The Labute approximate surface area is 208 Å². The molecular formula is C30H36N2O3. The molecule has 2 fully saturated rings. The summed E-state index contributed by atoms with van der Waals surface area (Å²) in [5, 5.41) is 14.1. The number of likely N-dealkylation sites (tertiary alicyclic amines) is 1. The second kappa shape index (κ2) is 9.11. The van der Waals surface area contributed by atoms with E-state index >= 15 is 0 Å². The van der Waals surface area contributed by atoms with Gasteiger partial charge in [-0.05, 0) is 60.6 Å². The van der Waals surface area contributed by atoms with E-state index in [1.807, 2.05) is 0 Å². The third-order valence-corrected chi connectivity index (χ3v) is 9.36. The average Bonchev–Trinajstić information content (AvgIpc) is 3.45. The maximum atomic E-state index is 13.2. The molecule has 0 radical (unpaired) electrons. The lowest BCUT2D eigenvalue weighted by molar-refractivity contribution is -0.137. The van der Waals surface area contributed by atoms with Crippen molar-refractivity contribution in [3.8, 4) is 0 Å². The number of rotatable bonds is 5. The molecule has 0 unspecified atom stereocenters. The van der Waals surface area contributed by atoms with Crippen LogP contribution in [0.2, 0.25) is 0 Å². The first kappa shape index (κ1) is 22.8. The molecule has 2 aromatic carbocycles. The summed E-state index contributed by atoms with van der Waals surface area (Å²) in [7, 11) is 1.50. The molecule has 0 aromatic heterocycles. The fraction of sp³-hybridized carbons (Fsp3) is 0.500. The summed E-state index contributed by atoms with van der Waals surface area (Å²) in [6.45, 7) is 2.13. The number of anilines is 1. The van der Waals surface area contributed by atoms with Gasteiger partial charge in [-0.3, -0.25) is 4.90 Å². The predicted molar refractivity (Wildman–Crippen MR) is 137 cm³/mol.